The van der Waals surface area contributed by atoms with E-state index in [2.05, 4.69) is 40.6 Å². The largest absolute Gasteiger partial charge is 0.459 e. The number of rotatable bonds is 4. The van der Waals surface area contributed by atoms with Crippen molar-refractivity contribution in [2.45, 2.75) is 52.7 Å². The number of aromatic nitrogens is 3. The summed E-state index contributed by atoms with van der Waals surface area (Å²) in [5.74, 6) is 3.63. The minimum absolute atomic E-state index is 0. The lowest BCUT2D eigenvalue weighted by Crippen LogP contribution is -2.47. The van der Waals surface area contributed by atoms with Gasteiger partial charge in [-0.25, -0.2) is 14.7 Å². The average molecular weight is 494 g/mol. The van der Waals surface area contributed by atoms with Gasteiger partial charge in [-0.15, -0.1) is 24.0 Å². The van der Waals surface area contributed by atoms with Gasteiger partial charge in [-0.1, -0.05) is 18.2 Å². The Hall–Kier alpha value is -2.10. The molecule has 0 aliphatic carbocycles. The van der Waals surface area contributed by atoms with Crippen molar-refractivity contribution < 1.29 is 4.42 Å². The summed E-state index contributed by atoms with van der Waals surface area (Å²) >= 11 is 0. The summed E-state index contributed by atoms with van der Waals surface area (Å²) in [5.41, 5.74) is 2.07. The summed E-state index contributed by atoms with van der Waals surface area (Å²) in [5, 5.41) is 12.5. The minimum Gasteiger partial charge on any atom is -0.459 e. The number of benzene rings is 1. The summed E-state index contributed by atoms with van der Waals surface area (Å²) in [7, 11) is 0. The van der Waals surface area contributed by atoms with E-state index in [1.54, 1.807) is 0 Å². The number of nitrogens with one attached hydrogen (secondary N) is 2. The van der Waals surface area contributed by atoms with Crippen LogP contribution in [-0.4, -0.2) is 33.3 Å². The zero-order chi connectivity index (χ0) is 18.8. The highest BCUT2D eigenvalue weighted by Gasteiger charge is 2.21. The van der Waals surface area contributed by atoms with Gasteiger partial charge in [0.1, 0.15) is 29.5 Å². The van der Waals surface area contributed by atoms with E-state index >= 15 is 0 Å². The molecule has 0 bridgehead atoms. The fourth-order valence-electron chi connectivity index (χ4n) is 3.59. The van der Waals surface area contributed by atoms with Crippen molar-refractivity contribution in [3.63, 3.8) is 0 Å². The molecule has 8 heteroatoms. The van der Waals surface area contributed by atoms with Crippen LogP contribution in [0.3, 0.4) is 0 Å². The Morgan fingerprint density at radius 2 is 2.14 bits per heavy atom. The summed E-state index contributed by atoms with van der Waals surface area (Å²) in [6, 6.07) is 8.40. The number of furan rings is 1. The molecule has 0 saturated heterocycles. The molecule has 0 fully saturated rings. The van der Waals surface area contributed by atoms with Crippen LogP contribution in [0.4, 0.5) is 0 Å². The standard InChI is InChI=1S/C20H26N6O.HI/c1-4-21-20(24-15-9-10-19-23-14(3)25-26(19)12-15)22-11-18-13(2)16-7-5-6-8-17(16)27-18;/h5-8,15H,4,9-12H2,1-3H3,(H2,21,22,24);1H. The average Bonchev–Trinajstić information content (AvgIpc) is 3.19. The molecule has 4 rings (SSSR count). The smallest absolute Gasteiger partial charge is 0.191 e. The molecule has 0 radical (unpaired) electrons. The Balaban J connectivity index is 0.00000225. The number of guanidine groups is 1. The molecule has 2 N–H and O–H groups in total. The first kappa shape index (κ1) is 20.6. The number of hydrogen-bond donors (Lipinski definition) is 2. The van der Waals surface area contributed by atoms with Crippen LogP contribution in [0.25, 0.3) is 11.0 Å². The molecule has 0 spiro atoms. The third-order valence-corrected chi connectivity index (χ3v) is 4.97. The van der Waals surface area contributed by atoms with Crippen LogP contribution in [0, 0.1) is 13.8 Å². The fraction of sp³-hybridized carbons (Fsp3) is 0.450. The summed E-state index contributed by atoms with van der Waals surface area (Å²) in [6.07, 6.45) is 1.95. The Bertz CT molecular complexity index is 976. The van der Waals surface area contributed by atoms with Crippen molar-refractivity contribution >= 4 is 40.9 Å². The molecule has 0 saturated carbocycles. The molecule has 3 aromatic rings. The Morgan fingerprint density at radius 1 is 1.32 bits per heavy atom. The van der Waals surface area contributed by atoms with E-state index in [1.165, 1.54) is 0 Å². The van der Waals surface area contributed by atoms with Crippen LogP contribution in [0.2, 0.25) is 0 Å². The van der Waals surface area contributed by atoms with Crippen LogP contribution in [0.15, 0.2) is 33.7 Å². The Labute approximate surface area is 182 Å². The summed E-state index contributed by atoms with van der Waals surface area (Å²) in [4.78, 5) is 9.22. The van der Waals surface area contributed by atoms with Gasteiger partial charge in [0.15, 0.2) is 5.96 Å². The van der Waals surface area contributed by atoms with Gasteiger partial charge < -0.3 is 15.1 Å². The first-order valence-corrected chi connectivity index (χ1v) is 9.56. The highest BCUT2D eigenvalue weighted by molar-refractivity contribution is 14.0. The van der Waals surface area contributed by atoms with Gasteiger partial charge in [0.25, 0.3) is 0 Å². The quantitative estimate of drug-likeness (QED) is 0.331. The highest BCUT2D eigenvalue weighted by atomic mass is 127. The number of halogens is 1. The van der Waals surface area contributed by atoms with E-state index in [-0.39, 0.29) is 30.0 Å². The van der Waals surface area contributed by atoms with Gasteiger partial charge in [-0.2, -0.15) is 5.10 Å². The summed E-state index contributed by atoms with van der Waals surface area (Å²) < 4.78 is 7.99. The second kappa shape index (κ2) is 8.93. The van der Waals surface area contributed by atoms with Gasteiger partial charge in [-0.05, 0) is 33.3 Å². The second-order valence-electron chi connectivity index (χ2n) is 6.98. The fourth-order valence-corrected chi connectivity index (χ4v) is 3.59. The van der Waals surface area contributed by atoms with Gasteiger partial charge in [0.2, 0.25) is 0 Å². The third kappa shape index (κ3) is 4.31. The number of nitrogens with zero attached hydrogens (tertiary/aromatic N) is 4. The zero-order valence-corrected chi connectivity index (χ0v) is 18.9. The Morgan fingerprint density at radius 3 is 2.93 bits per heavy atom. The van der Waals surface area contributed by atoms with Gasteiger partial charge in [-0.3, -0.25) is 0 Å². The topological polar surface area (TPSA) is 80.3 Å². The van der Waals surface area contributed by atoms with E-state index in [0.29, 0.717) is 6.54 Å². The van der Waals surface area contributed by atoms with Crippen molar-refractivity contribution in [3.8, 4) is 0 Å². The molecule has 1 aliphatic heterocycles. The second-order valence-corrected chi connectivity index (χ2v) is 6.98. The maximum atomic E-state index is 5.98. The van der Waals surface area contributed by atoms with Crippen LogP contribution in [-0.2, 0) is 19.5 Å². The maximum Gasteiger partial charge on any atom is 0.191 e. The van der Waals surface area contributed by atoms with E-state index in [0.717, 1.165) is 65.8 Å². The lowest BCUT2D eigenvalue weighted by molar-refractivity contribution is 0.392. The molecule has 1 aromatic carbocycles. The Kier molecular flexibility index (Phi) is 6.58. The molecule has 3 heterocycles. The molecule has 150 valence electrons. The van der Waals surface area contributed by atoms with Gasteiger partial charge >= 0.3 is 0 Å². The van der Waals surface area contributed by atoms with Crippen LogP contribution in [0.5, 0.6) is 0 Å². The third-order valence-electron chi connectivity index (χ3n) is 4.97. The number of hydrogen-bond acceptors (Lipinski definition) is 4. The molecule has 0 amide bonds. The van der Waals surface area contributed by atoms with Gasteiger partial charge in [0, 0.05) is 30.0 Å². The van der Waals surface area contributed by atoms with E-state index in [4.69, 9.17) is 9.41 Å². The molecule has 28 heavy (non-hydrogen) atoms. The van der Waals surface area contributed by atoms with Crippen LogP contribution < -0.4 is 10.6 Å². The number of aryl methyl sites for hydroxylation is 3. The van der Waals surface area contributed by atoms with Crippen molar-refractivity contribution in [1.82, 2.24) is 25.4 Å². The van der Waals surface area contributed by atoms with Gasteiger partial charge in [0.05, 0.1) is 6.54 Å². The first-order valence-electron chi connectivity index (χ1n) is 9.56. The van der Waals surface area contributed by atoms with Crippen LogP contribution >= 0.6 is 24.0 Å². The molecule has 1 unspecified atom stereocenters. The van der Waals surface area contributed by atoms with Crippen molar-refractivity contribution in [2.24, 2.45) is 4.99 Å². The number of para-hydroxylation sites is 1. The first-order chi connectivity index (χ1) is 13.1. The number of fused-ring (bicyclic) bond motifs is 2. The predicted octanol–water partition coefficient (Wildman–Crippen LogP) is 3.33. The molecule has 2 aromatic heterocycles. The van der Waals surface area contributed by atoms with E-state index < -0.39 is 0 Å². The van der Waals surface area contributed by atoms with E-state index in [9.17, 15) is 0 Å². The zero-order valence-electron chi connectivity index (χ0n) is 16.5. The molecule has 1 aliphatic rings. The molecular formula is C20H27IN6O. The normalized spacial score (nSPS) is 16.5. The predicted molar refractivity (Wildman–Crippen MR) is 121 cm³/mol. The lowest BCUT2D eigenvalue weighted by Gasteiger charge is -2.25. The summed E-state index contributed by atoms with van der Waals surface area (Å²) in [6.45, 7) is 8.23. The highest BCUT2D eigenvalue weighted by Crippen LogP contribution is 2.25. The SMILES string of the molecule is CCNC(=NCc1oc2ccccc2c1C)NC1CCc2nc(C)nn2C1.I. The molecular weight excluding hydrogens is 467 g/mol. The van der Waals surface area contributed by atoms with E-state index in [1.807, 2.05) is 29.8 Å². The van der Waals surface area contributed by atoms with Crippen LogP contribution in [0.1, 0.15) is 36.3 Å². The van der Waals surface area contributed by atoms with Crippen molar-refractivity contribution in [2.75, 3.05) is 6.54 Å². The monoisotopic (exact) mass is 494 g/mol. The number of aliphatic imine (C=N–C) groups is 1. The van der Waals surface area contributed by atoms with Crippen molar-refractivity contribution in [3.05, 3.63) is 47.2 Å². The minimum atomic E-state index is 0. The molecule has 1 atom stereocenters. The molecule has 7 nitrogen and oxygen atoms in total. The maximum absolute atomic E-state index is 5.98. The van der Waals surface area contributed by atoms with Crippen molar-refractivity contribution in [1.29, 1.82) is 0 Å². The lowest BCUT2D eigenvalue weighted by atomic mass is 10.1.